The molecule has 0 spiro atoms. The predicted molar refractivity (Wildman–Crippen MR) is 120 cm³/mol. The van der Waals surface area contributed by atoms with Gasteiger partial charge >= 0.3 is 6.03 Å². The number of hydrogen-bond donors (Lipinski definition) is 1. The van der Waals surface area contributed by atoms with E-state index in [1.165, 1.54) is 11.6 Å². The van der Waals surface area contributed by atoms with Crippen molar-refractivity contribution in [2.75, 3.05) is 36.4 Å². The van der Waals surface area contributed by atoms with E-state index in [4.69, 9.17) is 4.98 Å². The number of anilines is 2. The topological polar surface area (TPSA) is 61.4 Å². The molecule has 32 heavy (non-hydrogen) atoms. The molecule has 2 heterocycles. The molecule has 2 aromatic carbocycles. The zero-order valence-electron chi connectivity index (χ0n) is 18.1. The van der Waals surface area contributed by atoms with Gasteiger partial charge in [0.2, 0.25) is 0 Å². The number of amides is 2. The summed E-state index contributed by atoms with van der Waals surface area (Å²) in [5, 5.41) is 2.53. The third-order valence-corrected chi connectivity index (χ3v) is 5.57. The van der Waals surface area contributed by atoms with Gasteiger partial charge in [0.15, 0.2) is 0 Å². The van der Waals surface area contributed by atoms with Crippen molar-refractivity contribution in [1.29, 1.82) is 0 Å². The number of nitrogens with one attached hydrogen (secondary N) is 1. The van der Waals surface area contributed by atoms with E-state index in [0.29, 0.717) is 32.0 Å². The van der Waals surface area contributed by atoms with E-state index in [1.54, 1.807) is 4.90 Å². The Hall–Kier alpha value is -3.55. The first-order valence-electron chi connectivity index (χ1n) is 10.5. The fourth-order valence-electron chi connectivity index (χ4n) is 3.89. The van der Waals surface area contributed by atoms with Gasteiger partial charge in [-0.1, -0.05) is 30.3 Å². The van der Waals surface area contributed by atoms with Crippen LogP contribution in [0.25, 0.3) is 0 Å². The van der Waals surface area contributed by atoms with Crippen LogP contribution in [0, 0.1) is 25.5 Å². The largest absolute Gasteiger partial charge is 0.353 e. The Kier molecular flexibility index (Phi) is 6.30. The lowest BCUT2D eigenvalue weighted by Gasteiger charge is -2.36. The molecular formula is C24H25F2N5O. The summed E-state index contributed by atoms with van der Waals surface area (Å²) < 4.78 is 27.0. The van der Waals surface area contributed by atoms with E-state index in [1.807, 2.05) is 32.0 Å². The summed E-state index contributed by atoms with van der Waals surface area (Å²) in [6.07, 6.45) is 0.729. The normalized spacial score (nSPS) is 13.9. The summed E-state index contributed by atoms with van der Waals surface area (Å²) in [4.78, 5) is 25.6. The first-order valence-corrected chi connectivity index (χ1v) is 10.5. The molecular weight excluding hydrogens is 412 g/mol. The Morgan fingerprint density at radius 2 is 1.72 bits per heavy atom. The number of rotatable bonds is 4. The third kappa shape index (κ3) is 4.85. The maximum Gasteiger partial charge on any atom is 0.322 e. The highest BCUT2D eigenvalue weighted by Gasteiger charge is 2.25. The maximum absolute atomic E-state index is 13.9. The monoisotopic (exact) mass is 437 g/mol. The van der Waals surface area contributed by atoms with Gasteiger partial charge in [-0.15, -0.1) is 0 Å². The second kappa shape index (κ2) is 9.30. The van der Waals surface area contributed by atoms with E-state index >= 15 is 0 Å². The second-order valence-electron chi connectivity index (χ2n) is 7.85. The second-order valence-corrected chi connectivity index (χ2v) is 7.85. The molecule has 8 heteroatoms. The number of halogens is 2. The van der Waals surface area contributed by atoms with E-state index in [0.717, 1.165) is 35.6 Å². The van der Waals surface area contributed by atoms with Gasteiger partial charge in [0.05, 0.1) is 5.69 Å². The van der Waals surface area contributed by atoms with Crippen LogP contribution in [-0.2, 0) is 6.42 Å². The SMILES string of the molecule is Cc1nc(C)c(Cc2ccccc2)c(N2CCN(C(=O)Nc3ccc(F)cc3F)CC2)n1. The van der Waals surface area contributed by atoms with Crippen LogP contribution in [0.2, 0.25) is 0 Å². The number of aryl methyl sites for hydroxylation is 2. The van der Waals surface area contributed by atoms with Crippen molar-refractivity contribution in [3.05, 3.63) is 82.8 Å². The molecule has 0 atom stereocenters. The lowest BCUT2D eigenvalue weighted by Crippen LogP contribution is -2.50. The van der Waals surface area contributed by atoms with Crippen LogP contribution in [0.4, 0.5) is 25.1 Å². The molecule has 1 aliphatic rings. The number of piperazine rings is 1. The molecule has 1 aliphatic heterocycles. The number of hydrogen-bond acceptors (Lipinski definition) is 4. The van der Waals surface area contributed by atoms with Crippen LogP contribution in [0.5, 0.6) is 0 Å². The van der Waals surface area contributed by atoms with Crippen LogP contribution in [-0.4, -0.2) is 47.1 Å². The zero-order chi connectivity index (χ0) is 22.7. The predicted octanol–water partition coefficient (Wildman–Crippen LogP) is 4.32. The van der Waals surface area contributed by atoms with Gasteiger partial charge in [-0.3, -0.25) is 0 Å². The summed E-state index contributed by atoms with van der Waals surface area (Å²) in [5.41, 5.74) is 3.17. The smallest absolute Gasteiger partial charge is 0.322 e. The van der Waals surface area contributed by atoms with Gasteiger partial charge in [0.1, 0.15) is 23.3 Å². The lowest BCUT2D eigenvalue weighted by molar-refractivity contribution is 0.208. The van der Waals surface area contributed by atoms with E-state index < -0.39 is 17.7 Å². The molecule has 1 N–H and O–H groups in total. The molecule has 0 radical (unpaired) electrons. The zero-order valence-corrected chi connectivity index (χ0v) is 18.1. The lowest BCUT2D eigenvalue weighted by atomic mass is 10.0. The Balaban J connectivity index is 1.46. The molecule has 0 unspecified atom stereocenters. The number of benzene rings is 2. The Morgan fingerprint density at radius 1 is 1.00 bits per heavy atom. The number of carbonyl (C=O) groups excluding carboxylic acids is 1. The van der Waals surface area contributed by atoms with Crippen LogP contribution in [0.1, 0.15) is 22.6 Å². The Morgan fingerprint density at radius 3 is 2.41 bits per heavy atom. The summed E-state index contributed by atoms with van der Waals surface area (Å²) in [5.74, 6) is 0.120. The minimum absolute atomic E-state index is 0.0361. The highest BCUT2D eigenvalue weighted by Crippen LogP contribution is 2.25. The summed E-state index contributed by atoms with van der Waals surface area (Å²) in [6, 6.07) is 12.9. The maximum atomic E-state index is 13.9. The Bertz CT molecular complexity index is 1110. The van der Waals surface area contributed by atoms with Crippen LogP contribution >= 0.6 is 0 Å². The minimum atomic E-state index is -0.797. The molecule has 166 valence electrons. The highest BCUT2D eigenvalue weighted by atomic mass is 19.1. The molecule has 0 aliphatic carbocycles. The van der Waals surface area contributed by atoms with Gasteiger partial charge in [-0.2, -0.15) is 0 Å². The molecule has 3 aromatic rings. The van der Waals surface area contributed by atoms with Gasteiger partial charge < -0.3 is 15.1 Å². The molecule has 1 fully saturated rings. The van der Waals surface area contributed by atoms with Crippen LogP contribution in [0.15, 0.2) is 48.5 Å². The summed E-state index contributed by atoms with van der Waals surface area (Å²) in [7, 11) is 0. The standard InChI is InChI=1S/C24H25F2N5O/c1-16-20(14-18-6-4-3-5-7-18)23(28-17(2)27-16)30-10-12-31(13-11-30)24(32)29-22-9-8-19(25)15-21(22)26/h3-9,15H,10-14H2,1-2H3,(H,29,32). The Labute approximate surface area is 185 Å². The number of urea groups is 1. The average molecular weight is 437 g/mol. The summed E-state index contributed by atoms with van der Waals surface area (Å²) >= 11 is 0. The molecule has 2 amide bonds. The number of carbonyl (C=O) groups is 1. The molecule has 1 aromatic heterocycles. The fourth-order valence-corrected chi connectivity index (χ4v) is 3.89. The van der Waals surface area contributed by atoms with Crippen LogP contribution in [0.3, 0.4) is 0 Å². The van der Waals surface area contributed by atoms with Crippen molar-refractivity contribution in [1.82, 2.24) is 14.9 Å². The number of nitrogens with zero attached hydrogens (tertiary/aromatic N) is 4. The average Bonchev–Trinajstić information content (AvgIpc) is 2.78. The van der Waals surface area contributed by atoms with Crippen LogP contribution < -0.4 is 10.2 Å². The quantitative estimate of drug-likeness (QED) is 0.661. The van der Waals surface area contributed by atoms with Crippen molar-refractivity contribution < 1.29 is 13.6 Å². The van der Waals surface area contributed by atoms with Crippen molar-refractivity contribution in [2.45, 2.75) is 20.3 Å². The number of aromatic nitrogens is 2. The molecule has 0 bridgehead atoms. The van der Waals surface area contributed by atoms with Crippen molar-refractivity contribution in [3.63, 3.8) is 0 Å². The van der Waals surface area contributed by atoms with E-state index in [2.05, 4.69) is 27.3 Å². The van der Waals surface area contributed by atoms with Gasteiger partial charge in [-0.25, -0.2) is 23.5 Å². The van der Waals surface area contributed by atoms with Gasteiger partial charge in [0, 0.05) is 49.9 Å². The molecule has 0 saturated carbocycles. The summed E-state index contributed by atoms with van der Waals surface area (Å²) in [6.45, 7) is 5.98. The van der Waals surface area contributed by atoms with Gasteiger partial charge in [0.25, 0.3) is 0 Å². The molecule has 6 nitrogen and oxygen atoms in total. The highest BCUT2D eigenvalue weighted by molar-refractivity contribution is 5.89. The first-order chi connectivity index (χ1) is 15.4. The van der Waals surface area contributed by atoms with E-state index in [-0.39, 0.29) is 5.69 Å². The molecule has 4 rings (SSSR count). The molecule has 1 saturated heterocycles. The first kappa shape index (κ1) is 21.7. The third-order valence-electron chi connectivity index (χ3n) is 5.57. The van der Waals surface area contributed by atoms with Gasteiger partial charge in [-0.05, 0) is 31.5 Å². The van der Waals surface area contributed by atoms with Crippen molar-refractivity contribution >= 4 is 17.5 Å². The van der Waals surface area contributed by atoms with Crippen molar-refractivity contribution in [3.8, 4) is 0 Å². The van der Waals surface area contributed by atoms with Crippen molar-refractivity contribution in [2.24, 2.45) is 0 Å². The minimum Gasteiger partial charge on any atom is -0.353 e. The fraction of sp³-hybridized carbons (Fsp3) is 0.292. The van der Waals surface area contributed by atoms with E-state index in [9.17, 15) is 13.6 Å².